The second-order valence-corrected chi connectivity index (χ2v) is 8.89. The van der Waals surface area contributed by atoms with Gasteiger partial charge in [-0.3, -0.25) is 4.79 Å². The SMILES string of the molecule is CCCCS(=O)(=O)N1CCN(C(=O)CNC(=O)OC(C)(C)C)CC1. The van der Waals surface area contributed by atoms with Crippen molar-refractivity contribution in [2.75, 3.05) is 38.5 Å². The van der Waals surface area contributed by atoms with Crippen LogP contribution in [0.5, 0.6) is 0 Å². The summed E-state index contributed by atoms with van der Waals surface area (Å²) in [6.45, 7) is 8.28. The Morgan fingerprint density at radius 2 is 1.71 bits per heavy atom. The molecule has 24 heavy (non-hydrogen) atoms. The third kappa shape index (κ3) is 7.04. The Hall–Kier alpha value is -1.35. The van der Waals surface area contributed by atoms with Crippen LogP contribution in [0.15, 0.2) is 0 Å². The van der Waals surface area contributed by atoms with Gasteiger partial charge in [0.05, 0.1) is 5.75 Å². The molecule has 0 radical (unpaired) electrons. The third-order valence-corrected chi connectivity index (χ3v) is 5.48. The fourth-order valence-corrected chi connectivity index (χ4v) is 3.88. The Balaban J connectivity index is 2.39. The van der Waals surface area contributed by atoms with E-state index in [0.29, 0.717) is 32.6 Å². The Labute approximate surface area is 144 Å². The van der Waals surface area contributed by atoms with Gasteiger partial charge in [0.2, 0.25) is 15.9 Å². The summed E-state index contributed by atoms with van der Waals surface area (Å²) in [5.41, 5.74) is -0.619. The number of carbonyl (C=O) groups excluding carboxylic acids is 2. The molecule has 0 atom stereocenters. The van der Waals surface area contributed by atoms with Gasteiger partial charge in [-0.2, -0.15) is 4.31 Å². The highest BCUT2D eigenvalue weighted by Crippen LogP contribution is 2.10. The summed E-state index contributed by atoms with van der Waals surface area (Å²) >= 11 is 0. The smallest absolute Gasteiger partial charge is 0.408 e. The van der Waals surface area contributed by atoms with Crippen molar-refractivity contribution in [3.63, 3.8) is 0 Å². The molecule has 1 saturated heterocycles. The molecule has 1 fully saturated rings. The van der Waals surface area contributed by atoms with Crippen LogP contribution in [-0.2, 0) is 19.6 Å². The van der Waals surface area contributed by atoms with Crippen molar-refractivity contribution in [3.05, 3.63) is 0 Å². The Kier molecular flexibility index (Phi) is 7.47. The van der Waals surface area contributed by atoms with Crippen LogP contribution in [0.2, 0.25) is 0 Å². The molecule has 1 rings (SSSR count). The van der Waals surface area contributed by atoms with Crippen molar-refractivity contribution >= 4 is 22.0 Å². The van der Waals surface area contributed by atoms with Gasteiger partial charge in [-0.15, -0.1) is 0 Å². The van der Waals surface area contributed by atoms with Gasteiger partial charge in [0.25, 0.3) is 0 Å². The van der Waals surface area contributed by atoms with E-state index >= 15 is 0 Å². The van der Waals surface area contributed by atoms with Crippen LogP contribution in [0.4, 0.5) is 4.79 Å². The molecule has 0 aliphatic carbocycles. The molecule has 1 aliphatic heterocycles. The topological polar surface area (TPSA) is 96.0 Å². The van der Waals surface area contributed by atoms with Crippen LogP contribution >= 0.6 is 0 Å². The first-order valence-electron chi connectivity index (χ1n) is 8.27. The molecule has 1 aliphatic rings. The van der Waals surface area contributed by atoms with Crippen molar-refractivity contribution < 1.29 is 22.7 Å². The molecule has 0 aromatic carbocycles. The lowest BCUT2D eigenvalue weighted by Gasteiger charge is -2.34. The van der Waals surface area contributed by atoms with Gasteiger partial charge in [0.15, 0.2) is 0 Å². The van der Waals surface area contributed by atoms with Gasteiger partial charge in [-0.1, -0.05) is 13.3 Å². The van der Waals surface area contributed by atoms with Crippen molar-refractivity contribution in [3.8, 4) is 0 Å². The minimum atomic E-state index is -3.24. The van der Waals surface area contributed by atoms with E-state index in [-0.39, 0.29) is 18.2 Å². The molecule has 1 heterocycles. The highest BCUT2D eigenvalue weighted by atomic mass is 32.2. The number of rotatable bonds is 6. The van der Waals surface area contributed by atoms with E-state index in [9.17, 15) is 18.0 Å². The fourth-order valence-electron chi connectivity index (χ4n) is 2.25. The number of amides is 2. The zero-order valence-corrected chi connectivity index (χ0v) is 15.8. The van der Waals surface area contributed by atoms with Gasteiger partial charge in [-0.25, -0.2) is 13.2 Å². The predicted octanol–water partition coefficient (Wildman–Crippen LogP) is 0.785. The van der Waals surface area contributed by atoms with Crippen molar-refractivity contribution in [1.29, 1.82) is 0 Å². The van der Waals surface area contributed by atoms with Crippen molar-refractivity contribution in [2.45, 2.75) is 46.1 Å². The third-order valence-electron chi connectivity index (χ3n) is 3.52. The molecule has 140 valence electrons. The van der Waals surface area contributed by atoms with Crippen LogP contribution in [0, 0.1) is 0 Å². The van der Waals surface area contributed by atoms with Gasteiger partial charge in [0.1, 0.15) is 12.1 Å². The Morgan fingerprint density at radius 1 is 1.12 bits per heavy atom. The van der Waals surface area contributed by atoms with Crippen LogP contribution in [0.25, 0.3) is 0 Å². The Bertz CT molecular complexity index is 534. The van der Waals surface area contributed by atoms with E-state index in [0.717, 1.165) is 6.42 Å². The zero-order valence-electron chi connectivity index (χ0n) is 15.0. The number of nitrogens with one attached hydrogen (secondary N) is 1. The number of nitrogens with zero attached hydrogens (tertiary/aromatic N) is 2. The second kappa shape index (κ2) is 8.66. The summed E-state index contributed by atoms with van der Waals surface area (Å²) in [5, 5.41) is 2.42. The quantitative estimate of drug-likeness (QED) is 0.752. The second-order valence-electron chi connectivity index (χ2n) is 6.80. The van der Waals surface area contributed by atoms with E-state index in [1.165, 1.54) is 4.31 Å². The minimum absolute atomic E-state index is 0.150. The summed E-state index contributed by atoms with van der Waals surface area (Å²) in [6, 6.07) is 0. The number of hydrogen-bond acceptors (Lipinski definition) is 5. The summed E-state index contributed by atoms with van der Waals surface area (Å²) in [4.78, 5) is 25.2. The monoisotopic (exact) mass is 363 g/mol. The maximum atomic E-state index is 12.1. The molecule has 1 N–H and O–H groups in total. The number of alkyl carbamates (subject to hydrolysis) is 1. The molecule has 8 nitrogen and oxygen atoms in total. The van der Waals surface area contributed by atoms with Crippen LogP contribution in [0.3, 0.4) is 0 Å². The molecular weight excluding hydrogens is 334 g/mol. The number of ether oxygens (including phenoxy) is 1. The van der Waals surface area contributed by atoms with Crippen molar-refractivity contribution in [1.82, 2.24) is 14.5 Å². The van der Waals surface area contributed by atoms with Gasteiger partial charge < -0.3 is 15.0 Å². The summed E-state index contributed by atoms with van der Waals surface area (Å²) < 4.78 is 30.7. The zero-order chi connectivity index (χ0) is 18.4. The maximum Gasteiger partial charge on any atom is 0.408 e. The van der Waals surface area contributed by atoms with E-state index in [1.54, 1.807) is 25.7 Å². The average molecular weight is 363 g/mol. The average Bonchev–Trinajstić information content (AvgIpc) is 2.49. The number of sulfonamides is 1. The molecule has 9 heteroatoms. The van der Waals surface area contributed by atoms with Crippen LogP contribution in [-0.4, -0.2) is 73.7 Å². The first kappa shape index (κ1) is 20.7. The minimum Gasteiger partial charge on any atom is -0.444 e. The molecule has 2 amide bonds. The number of hydrogen-bond donors (Lipinski definition) is 1. The van der Waals surface area contributed by atoms with E-state index in [2.05, 4.69) is 5.32 Å². The normalized spacial score (nSPS) is 16.8. The molecule has 0 spiro atoms. The molecule has 0 aromatic heterocycles. The lowest BCUT2D eigenvalue weighted by molar-refractivity contribution is -0.131. The molecular formula is C15H29N3O5S. The van der Waals surface area contributed by atoms with E-state index < -0.39 is 21.7 Å². The van der Waals surface area contributed by atoms with E-state index in [1.807, 2.05) is 6.92 Å². The molecule has 0 saturated carbocycles. The number of piperazine rings is 1. The molecule has 0 unspecified atom stereocenters. The standard InChI is InChI=1S/C15H29N3O5S/c1-5-6-11-24(21,22)18-9-7-17(8-10-18)13(19)12-16-14(20)23-15(2,3)4/h5-12H2,1-4H3,(H,16,20). The van der Waals surface area contributed by atoms with Gasteiger partial charge in [0, 0.05) is 26.2 Å². The highest BCUT2D eigenvalue weighted by Gasteiger charge is 2.28. The first-order chi connectivity index (χ1) is 11.0. The lowest BCUT2D eigenvalue weighted by atomic mass is 10.2. The van der Waals surface area contributed by atoms with Crippen LogP contribution in [0.1, 0.15) is 40.5 Å². The maximum absolute atomic E-state index is 12.1. The summed E-state index contributed by atoms with van der Waals surface area (Å²) in [7, 11) is -3.24. The predicted molar refractivity (Wildman–Crippen MR) is 91.1 cm³/mol. The molecule has 0 aromatic rings. The summed E-state index contributed by atoms with van der Waals surface area (Å²) in [5.74, 6) is -0.0936. The van der Waals surface area contributed by atoms with E-state index in [4.69, 9.17) is 4.74 Å². The lowest BCUT2D eigenvalue weighted by Crippen LogP contribution is -2.53. The number of unbranched alkanes of at least 4 members (excludes halogenated alkanes) is 1. The first-order valence-corrected chi connectivity index (χ1v) is 9.88. The largest absolute Gasteiger partial charge is 0.444 e. The van der Waals surface area contributed by atoms with Gasteiger partial charge in [-0.05, 0) is 27.2 Å². The molecule has 0 bridgehead atoms. The highest BCUT2D eigenvalue weighted by molar-refractivity contribution is 7.89. The Morgan fingerprint density at radius 3 is 2.21 bits per heavy atom. The fraction of sp³-hybridized carbons (Fsp3) is 0.867. The summed E-state index contributed by atoms with van der Waals surface area (Å²) in [6.07, 6.45) is 0.826. The number of carbonyl (C=O) groups is 2. The van der Waals surface area contributed by atoms with Crippen LogP contribution < -0.4 is 5.32 Å². The van der Waals surface area contributed by atoms with Gasteiger partial charge >= 0.3 is 6.09 Å². The van der Waals surface area contributed by atoms with Crippen molar-refractivity contribution in [2.24, 2.45) is 0 Å².